The minimum absolute atomic E-state index is 0.0203. The number of hydrogen-bond acceptors (Lipinski definition) is 2. The van der Waals surface area contributed by atoms with Crippen LogP contribution in [0, 0.1) is 5.92 Å². The molecule has 1 rings (SSSR count). The van der Waals surface area contributed by atoms with Gasteiger partial charge in [0.05, 0.1) is 11.7 Å². The molecule has 0 saturated carbocycles. The van der Waals surface area contributed by atoms with Gasteiger partial charge in [0.25, 0.3) is 0 Å². The van der Waals surface area contributed by atoms with E-state index < -0.39 is 8.32 Å². The summed E-state index contributed by atoms with van der Waals surface area (Å²) in [7, 11) is 0.460. The second kappa shape index (κ2) is 5.53. The first-order valence-corrected chi connectivity index (χ1v) is 10.8. The van der Waals surface area contributed by atoms with Gasteiger partial charge >= 0.3 is 0 Å². The standard InChI is InChI=1S/C15H33BO2Si/c1-9-15(10-2)11(3)12(13(16)17-15)18-19(7,8)14(4,5)6/h11-13H,9-10,16H2,1-8H3/t11-,12+,13+/m0/s1. The minimum Gasteiger partial charge on any atom is -0.412 e. The van der Waals surface area contributed by atoms with Gasteiger partial charge in [-0.15, -0.1) is 0 Å². The van der Waals surface area contributed by atoms with Crippen LogP contribution in [0.25, 0.3) is 0 Å². The Bertz CT molecular complexity index is 308. The quantitative estimate of drug-likeness (QED) is 0.735. The van der Waals surface area contributed by atoms with Crippen molar-refractivity contribution in [2.75, 3.05) is 0 Å². The number of rotatable bonds is 4. The van der Waals surface area contributed by atoms with Gasteiger partial charge in [0.2, 0.25) is 0 Å². The predicted molar refractivity (Wildman–Crippen MR) is 88.0 cm³/mol. The zero-order valence-corrected chi connectivity index (χ0v) is 15.5. The van der Waals surface area contributed by atoms with Crippen molar-refractivity contribution < 1.29 is 9.16 Å². The molecule has 0 bridgehead atoms. The summed E-state index contributed by atoms with van der Waals surface area (Å²) in [5, 5.41) is 0.260. The molecule has 0 amide bonds. The Morgan fingerprint density at radius 3 is 2.00 bits per heavy atom. The van der Waals surface area contributed by atoms with Crippen molar-refractivity contribution in [2.45, 2.75) is 90.2 Å². The van der Waals surface area contributed by atoms with Crippen LogP contribution in [-0.4, -0.2) is 33.9 Å². The summed E-state index contributed by atoms with van der Waals surface area (Å²) in [5.74, 6) is 0.478. The summed E-state index contributed by atoms with van der Waals surface area (Å²) >= 11 is 0. The summed E-state index contributed by atoms with van der Waals surface area (Å²) < 4.78 is 13.0. The maximum atomic E-state index is 6.66. The molecule has 0 aromatic heterocycles. The van der Waals surface area contributed by atoms with Crippen molar-refractivity contribution in [3.8, 4) is 0 Å². The van der Waals surface area contributed by atoms with Gasteiger partial charge in [-0.1, -0.05) is 41.5 Å². The molecule has 0 aromatic carbocycles. The first-order chi connectivity index (χ1) is 8.50. The third-order valence-electron chi connectivity index (χ3n) is 5.64. The molecule has 0 spiro atoms. The highest BCUT2D eigenvalue weighted by molar-refractivity contribution is 6.74. The van der Waals surface area contributed by atoms with E-state index in [0.717, 1.165) is 12.8 Å². The van der Waals surface area contributed by atoms with E-state index in [0.29, 0.717) is 5.92 Å². The molecule has 1 aliphatic heterocycles. The van der Waals surface area contributed by atoms with Crippen LogP contribution in [0.5, 0.6) is 0 Å². The lowest BCUT2D eigenvalue weighted by molar-refractivity contribution is -0.0374. The number of ether oxygens (including phenoxy) is 1. The summed E-state index contributed by atoms with van der Waals surface area (Å²) in [4.78, 5) is 0. The Balaban J connectivity index is 2.91. The molecule has 1 aliphatic rings. The smallest absolute Gasteiger partial charge is 0.192 e. The van der Waals surface area contributed by atoms with E-state index in [1.807, 2.05) is 0 Å². The molecule has 0 N–H and O–H groups in total. The molecule has 3 atom stereocenters. The topological polar surface area (TPSA) is 18.5 Å². The Kier molecular flexibility index (Phi) is 5.02. The summed E-state index contributed by atoms with van der Waals surface area (Å²) in [5.41, 5.74) is 0.0203. The Morgan fingerprint density at radius 1 is 1.21 bits per heavy atom. The molecule has 1 saturated heterocycles. The monoisotopic (exact) mass is 284 g/mol. The van der Waals surface area contributed by atoms with Crippen LogP contribution in [0.4, 0.5) is 0 Å². The van der Waals surface area contributed by atoms with Crippen molar-refractivity contribution >= 4 is 16.2 Å². The SMILES string of the molecule is B[C@@H]1OC(CC)(CC)[C@@H](C)[C@H]1O[Si](C)(C)C(C)(C)C. The van der Waals surface area contributed by atoms with Crippen LogP contribution >= 0.6 is 0 Å². The van der Waals surface area contributed by atoms with E-state index in [9.17, 15) is 0 Å². The average Bonchev–Trinajstić information content (AvgIpc) is 2.52. The van der Waals surface area contributed by atoms with Crippen LogP contribution in [0.1, 0.15) is 54.4 Å². The molecule has 19 heavy (non-hydrogen) atoms. The highest BCUT2D eigenvalue weighted by atomic mass is 28.4. The average molecular weight is 284 g/mol. The maximum Gasteiger partial charge on any atom is 0.192 e. The van der Waals surface area contributed by atoms with Gasteiger partial charge in [-0.05, 0) is 31.0 Å². The van der Waals surface area contributed by atoms with Gasteiger partial charge in [0.15, 0.2) is 8.32 Å². The van der Waals surface area contributed by atoms with Gasteiger partial charge in [-0.2, -0.15) is 0 Å². The van der Waals surface area contributed by atoms with E-state index in [1.54, 1.807) is 0 Å². The summed E-state index contributed by atoms with van der Waals surface area (Å²) in [6.45, 7) is 18.4. The highest BCUT2D eigenvalue weighted by Gasteiger charge is 2.52. The van der Waals surface area contributed by atoms with Gasteiger partial charge in [-0.3, -0.25) is 0 Å². The van der Waals surface area contributed by atoms with Gasteiger partial charge in [0, 0.05) is 11.9 Å². The fourth-order valence-electron chi connectivity index (χ4n) is 3.03. The van der Waals surface area contributed by atoms with E-state index in [1.165, 1.54) is 0 Å². The van der Waals surface area contributed by atoms with Crippen LogP contribution in [0.15, 0.2) is 0 Å². The lowest BCUT2D eigenvalue weighted by Crippen LogP contribution is -2.48. The lowest BCUT2D eigenvalue weighted by Gasteiger charge is -2.41. The first-order valence-electron chi connectivity index (χ1n) is 7.86. The third-order valence-corrected chi connectivity index (χ3v) is 10.1. The van der Waals surface area contributed by atoms with E-state index in [4.69, 9.17) is 9.16 Å². The zero-order valence-electron chi connectivity index (χ0n) is 14.5. The second-order valence-electron chi connectivity index (χ2n) is 7.73. The summed E-state index contributed by atoms with van der Waals surface area (Å²) in [6, 6.07) is 0.212. The van der Waals surface area contributed by atoms with Crippen molar-refractivity contribution in [1.82, 2.24) is 0 Å². The van der Waals surface area contributed by atoms with Gasteiger partial charge in [-0.25, -0.2) is 0 Å². The van der Waals surface area contributed by atoms with E-state index >= 15 is 0 Å². The molecule has 2 nitrogen and oxygen atoms in total. The molecule has 1 fully saturated rings. The molecule has 0 unspecified atom stereocenters. The van der Waals surface area contributed by atoms with Crippen molar-refractivity contribution in [2.24, 2.45) is 5.92 Å². The summed E-state index contributed by atoms with van der Waals surface area (Å²) in [6.07, 6.45) is 2.40. The Labute approximate surface area is 122 Å². The zero-order chi connectivity index (χ0) is 15.1. The minimum atomic E-state index is -1.72. The van der Waals surface area contributed by atoms with Gasteiger partial charge in [0.1, 0.15) is 7.85 Å². The predicted octanol–water partition coefficient (Wildman–Crippen LogP) is 3.56. The molecule has 0 aliphatic carbocycles. The normalized spacial score (nSPS) is 31.7. The molecular weight excluding hydrogens is 251 g/mol. The largest absolute Gasteiger partial charge is 0.412 e. The molecule has 112 valence electrons. The van der Waals surface area contributed by atoms with Crippen LogP contribution in [0.3, 0.4) is 0 Å². The van der Waals surface area contributed by atoms with Gasteiger partial charge < -0.3 is 9.16 Å². The lowest BCUT2D eigenvalue weighted by atomic mass is 9.80. The molecular formula is C15H33BO2Si. The fraction of sp³-hybridized carbons (Fsp3) is 1.00. The second-order valence-corrected chi connectivity index (χ2v) is 12.5. The van der Waals surface area contributed by atoms with Crippen LogP contribution in [-0.2, 0) is 9.16 Å². The fourth-order valence-corrected chi connectivity index (χ4v) is 4.46. The molecule has 0 aromatic rings. The molecule has 1 heterocycles. The van der Waals surface area contributed by atoms with Crippen molar-refractivity contribution in [3.05, 3.63) is 0 Å². The first kappa shape index (κ1) is 17.3. The molecule has 0 radical (unpaired) electrons. The van der Waals surface area contributed by atoms with Crippen LogP contribution < -0.4 is 0 Å². The van der Waals surface area contributed by atoms with E-state index in [2.05, 4.69) is 62.5 Å². The third kappa shape index (κ3) is 3.11. The maximum absolute atomic E-state index is 6.66. The van der Waals surface area contributed by atoms with E-state index in [-0.39, 0.29) is 22.7 Å². The van der Waals surface area contributed by atoms with Crippen molar-refractivity contribution in [3.63, 3.8) is 0 Å². The Morgan fingerprint density at radius 2 is 1.68 bits per heavy atom. The van der Waals surface area contributed by atoms with Crippen LogP contribution in [0.2, 0.25) is 18.1 Å². The number of hydrogen-bond donors (Lipinski definition) is 0. The van der Waals surface area contributed by atoms with Crippen molar-refractivity contribution in [1.29, 1.82) is 0 Å². The highest BCUT2D eigenvalue weighted by Crippen LogP contribution is 2.45. The molecule has 4 heteroatoms. The Hall–Kier alpha value is 0.202.